The molecule has 2 rings (SSSR count). The fraction of sp³-hybridized carbons (Fsp3) is 1.00. The van der Waals surface area contributed by atoms with Gasteiger partial charge in [-0.15, -0.1) is 0 Å². The van der Waals surface area contributed by atoms with Crippen LogP contribution in [0.15, 0.2) is 0 Å². The van der Waals surface area contributed by atoms with Crippen molar-refractivity contribution < 1.29 is 0 Å². The molecule has 0 aliphatic heterocycles. The van der Waals surface area contributed by atoms with Gasteiger partial charge in [0.1, 0.15) is 0 Å². The van der Waals surface area contributed by atoms with Crippen molar-refractivity contribution in [1.82, 2.24) is 0 Å². The number of hydrogen-bond acceptors (Lipinski definition) is 1. The Kier molecular flexibility index (Phi) is 1.48. The van der Waals surface area contributed by atoms with E-state index in [0.29, 0.717) is 6.04 Å². The molecule has 0 heterocycles. The lowest BCUT2D eigenvalue weighted by molar-refractivity contribution is 0.281. The van der Waals surface area contributed by atoms with Crippen LogP contribution >= 0.6 is 0 Å². The van der Waals surface area contributed by atoms with E-state index in [4.69, 9.17) is 5.73 Å². The van der Waals surface area contributed by atoms with Gasteiger partial charge in [-0.3, -0.25) is 0 Å². The summed E-state index contributed by atoms with van der Waals surface area (Å²) in [5.41, 5.74) is 6.07. The van der Waals surface area contributed by atoms with Crippen LogP contribution in [0.5, 0.6) is 0 Å². The van der Waals surface area contributed by atoms with E-state index in [1.165, 1.54) is 25.7 Å². The molecule has 0 saturated heterocycles. The predicted octanol–water partition coefficient (Wildman–Crippen LogP) is 1.77. The molecular weight excluding hydrogens is 122 g/mol. The van der Waals surface area contributed by atoms with Gasteiger partial charge in [0.25, 0.3) is 0 Å². The van der Waals surface area contributed by atoms with Crippen LogP contribution < -0.4 is 5.73 Å². The Labute approximate surface area is 63.0 Å². The van der Waals surface area contributed by atoms with Gasteiger partial charge < -0.3 is 5.73 Å². The van der Waals surface area contributed by atoms with Crippen molar-refractivity contribution in [1.29, 1.82) is 0 Å². The molecule has 0 amide bonds. The first-order valence-electron chi connectivity index (χ1n) is 4.58. The van der Waals surface area contributed by atoms with E-state index in [-0.39, 0.29) is 0 Å². The number of hydrogen-bond donors (Lipinski definition) is 1. The first-order valence-corrected chi connectivity index (χ1v) is 4.58. The first kappa shape index (κ1) is 6.66. The standard InChI is InChI=1S/C9H17N/c1-2-8-6-3-4-7(5-6)9(8)10/h6-9H,2-5,10H2,1H3/t6-,7+,8+,9+/m1/s1. The van der Waals surface area contributed by atoms with Gasteiger partial charge in [0, 0.05) is 6.04 Å². The zero-order valence-corrected chi connectivity index (χ0v) is 6.72. The van der Waals surface area contributed by atoms with E-state index in [1.807, 2.05) is 0 Å². The lowest BCUT2D eigenvalue weighted by Crippen LogP contribution is -2.35. The zero-order valence-electron chi connectivity index (χ0n) is 6.72. The maximum absolute atomic E-state index is 6.07. The fourth-order valence-electron chi connectivity index (χ4n) is 3.06. The number of nitrogens with two attached hydrogens (primary N) is 1. The smallest absolute Gasteiger partial charge is 0.00982 e. The Morgan fingerprint density at radius 3 is 2.40 bits per heavy atom. The Morgan fingerprint density at radius 2 is 2.00 bits per heavy atom. The molecule has 1 nitrogen and oxygen atoms in total. The zero-order chi connectivity index (χ0) is 7.14. The average Bonchev–Trinajstić information content (AvgIpc) is 2.46. The highest BCUT2D eigenvalue weighted by molar-refractivity contribution is 4.98. The fourth-order valence-corrected chi connectivity index (χ4v) is 3.06. The van der Waals surface area contributed by atoms with Crippen LogP contribution in [0.25, 0.3) is 0 Å². The van der Waals surface area contributed by atoms with Crippen LogP contribution in [0.3, 0.4) is 0 Å². The van der Waals surface area contributed by atoms with Gasteiger partial charge in [0.05, 0.1) is 0 Å². The van der Waals surface area contributed by atoms with Crippen LogP contribution in [0.2, 0.25) is 0 Å². The second-order valence-electron chi connectivity index (χ2n) is 3.98. The van der Waals surface area contributed by atoms with E-state index in [9.17, 15) is 0 Å². The van der Waals surface area contributed by atoms with Crippen molar-refractivity contribution in [2.45, 2.75) is 38.6 Å². The van der Waals surface area contributed by atoms with Gasteiger partial charge in [0.15, 0.2) is 0 Å². The molecule has 0 unspecified atom stereocenters. The van der Waals surface area contributed by atoms with Gasteiger partial charge in [-0.25, -0.2) is 0 Å². The molecule has 0 radical (unpaired) electrons. The highest BCUT2D eigenvalue weighted by atomic mass is 14.7. The average molecular weight is 139 g/mol. The third kappa shape index (κ3) is 0.731. The van der Waals surface area contributed by atoms with Crippen molar-refractivity contribution in [3.63, 3.8) is 0 Å². The summed E-state index contributed by atoms with van der Waals surface area (Å²) in [5.74, 6) is 2.78. The summed E-state index contributed by atoms with van der Waals surface area (Å²) in [7, 11) is 0. The van der Waals surface area contributed by atoms with Crippen molar-refractivity contribution >= 4 is 0 Å². The van der Waals surface area contributed by atoms with Crippen LogP contribution in [0, 0.1) is 17.8 Å². The second-order valence-corrected chi connectivity index (χ2v) is 3.98. The maximum Gasteiger partial charge on any atom is 0.00982 e. The van der Waals surface area contributed by atoms with Gasteiger partial charge in [-0.05, 0) is 37.0 Å². The predicted molar refractivity (Wildman–Crippen MR) is 42.6 cm³/mol. The molecule has 2 fully saturated rings. The van der Waals surface area contributed by atoms with E-state index < -0.39 is 0 Å². The van der Waals surface area contributed by atoms with Crippen molar-refractivity contribution in [3.05, 3.63) is 0 Å². The van der Waals surface area contributed by atoms with Crippen molar-refractivity contribution in [3.8, 4) is 0 Å². The summed E-state index contributed by atoms with van der Waals surface area (Å²) in [6.45, 7) is 2.28. The second kappa shape index (κ2) is 2.23. The van der Waals surface area contributed by atoms with Crippen molar-refractivity contribution in [2.75, 3.05) is 0 Å². The Hall–Kier alpha value is -0.0400. The minimum atomic E-state index is 0.559. The lowest BCUT2D eigenvalue weighted by Gasteiger charge is -2.26. The van der Waals surface area contributed by atoms with E-state index in [0.717, 1.165) is 17.8 Å². The largest absolute Gasteiger partial charge is 0.327 e. The van der Waals surface area contributed by atoms with Crippen LogP contribution in [0.1, 0.15) is 32.6 Å². The van der Waals surface area contributed by atoms with E-state index >= 15 is 0 Å². The van der Waals surface area contributed by atoms with Gasteiger partial charge >= 0.3 is 0 Å². The minimum absolute atomic E-state index is 0.559. The molecule has 0 aromatic rings. The van der Waals surface area contributed by atoms with Crippen LogP contribution in [-0.2, 0) is 0 Å². The lowest BCUT2D eigenvalue weighted by atomic mass is 9.83. The molecule has 1 heteroatoms. The normalized spacial score (nSPS) is 52.2. The van der Waals surface area contributed by atoms with Gasteiger partial charge in [-0.2, -0.15) is 0 Å². The molecule has 0 aromatic carbocycles. The summed E-state index contributed by atoms with van der Waals surface area (Å²) in [4.78, 5) is 0. The van der Waals surface area contributed by atoms with Crippen LogP contribution in [0.4, 0.5) is 0 Å². The molecular formula is C9H17N. The topological polar surface area (TPSA) is 26.0 Å². The molecule has 4 atom stereocenters. The summed E-state index contributed by atoms with van der Waals surface area (Å²) >= 11 is 0. The van der Waals surface area contributed by atoms with Crippen molar-refractivity contribution in [2.24, 2.45) is 23.5 Å². The monoisotopic (exact) mass is 139 g/mol. The summed E-state index contributed by atoms with van der Waals surface area (Å²) in [5, 5.41) is 0. The summed E-state index contributed by atoms with van der Waals surface area (Å²) < 4.78 is 0. The highest BCUT2D eigenvalue weighted by Gasteiger charge is 2.44. The molecule has 10 heavy (non-hydrogen) atoms. The highest BCUT2D eigenvalue weighted by Crippen LogP contribution is 2.48. The summed E-state index contributed by atoms with van der Waals surface area (Å²) in [6.07, 6.45) is 5.64. The molecule has 2 bridgehead atoms. The third-order valence-electron chi connectivity index (χ3n) is 3.63. The Balaban J connectivity index is 2.10. The number of fused-ring (bicyclic) bond motifs is 2. The maximum atomic E-state index is 6.07. The molecule has 58 valence electrons. The minimum Gasteiger partial charge on any atom is -0.327 e. The van der Waals surface area contributed by atoms with E-state index in [2.05, 4.69) is 6.92 Å². The molecule has 0 aromatic heterocycles. The molecule has 2 aliphatic rings. The van der Waals surface area contributed by atoms with Crippen LogP contribution in [-0.4, -0.2) is 6.04 Å². The molecule has 2 saturated carbocycles. The molecule has 2 aliphatic carbocycles. The molecule has 2 N–H and O–H groups in total. The number of rotatable bonds is 1. The van der Waals surface area contributed by atoms with Gasteiger partial charge in [-0.1, -0.05) is 13.3 Å². The quantitative estimate of drug-likeness (QED) is 0.588. The van der Waals surface area contributed by atoms with E-state index in [1.54, 1.807) is 0 Å². The SMILES string of the molecule is CC[C@H]1[C@@H]2CC[C@@H](C2)[C@@H]1N. The Bertz CT molecular complexity index is 131. The third-order valence-corrected chi connectivity index (χ3v) is 3.63. The molecule has 0 spiro atoms. The summed E-state index contributed by atoms with van der Waals surface area (Å²) in [6, 6.07) is 0.559. The Morgan fingerprint density at radius 1 is 1.30 bits per heavy atom. The van der Waals surface area contributed by atoms with Gasteiger partial charge in [0.2, 0.25) is 0 Å². The first-order chi connectivity index (χ1) is 4.83.